The summed E-state index contributed by atoms with van der Waals surface area (Å²) in [5, 5.41) is 22.6. The van der Waals surface area contributed by atoms with E-state index in [0.29, 0.717) is 7.11 Å². The Labute approximate surface area is 268 Å². The van der Waals surface area contributed by atoms with Crippen molar-refractivity contribution in [2.45, 2.75) is 81.6 Å². The van der Waals surface area contributed by atoms with Crippen molar-refractivity contribution in [2.24, 2.45) is 11.3 Å². The van der Waals surface area contributed by atoms with Crippen LogP contribution in [-0.2, 0) is 39.7 Å². The van der Waals surface area contributed by atoms with Crippen molar-refractivity contribution in [3.05, 3.63) is 83.9 Å². The lowest BCUT2D eigenvalue weighted by Gasteiger charge is -2.52. The second-order valence-electron chi connectivity index (χ2n) is 12.3. The number of methoxy groups -OCH3 is 2. The van der Waals surface area contributed by atoms with Crippen LogP contribution in [0.3, 0.4) is 0 Å². The van der Waals surface area contributed by atoms with Gasteiger partial charge in [0.2, 0.25) is 0 Å². The molecule has 1 saturated carbocycles. The second-order valence-corrected chi connectivity index (χ2v) is 12.3. The summed E-state index contributed by atoms with van der Waals surface area (Å²) in [5.74, 6) is -4.62. The van der Waals surface area contributed by atoms with E-state index in [4.69, 9.17) is 18.9 Å². The van der Waals surface area contributed by atoms with Crippen LogP contribution in [0, 0.1) is 11.3 Å². The van der Waals surface area contributed by atoms with Gasteiger partial charge in [0.05, 0.1) is 5.60 Å². The number of alkyl halides is 6. The van der Waals surface area contributed by atoms with Gasteiger partial charge in [0.1, 0.15) is 18.3 Å². The molecule has 0 unspecified atom stereocenters. The number of esters is 2. The van der Waals surface area contributed by atoms with Gasteiger partial charge in [-0.15, -0.1) is 0 Å². The highest BCUT2D eigenvalue weighted by atomic mass is 19.4. The van der Waals surface area contributed by atoms with Crippen LogP contribution in [0.25, 0.3) is 0 Å². The van der Waals surface area contributed by atoms with Gasteiger partial charge in [-0.25, -0.2) is 9.59 Å². The number of benzene rings is 2. The molecule has 2 aromatic carbocycles. The minimum Gasteiger partial charge on any atom is -0.457 e. The number of hydrogen-bond donors (Lipinski definition) is 2. The van der Waals surface area contributed by atoms with Crippen molar-refractivity contribution in [3.8, 4) is 0 Å². The van der Waals surface area contributed by atoms with Crippen molar-refractivity contribution < 1.29 is 65.1 Å². The fourth-order valence-corrected chi connectivity index (χ4v) is 6.22. The maximum absolute atomic E-state index is 14.4. The molecule has 0 aromatic heterocycles. The van der Waals surface area contributed by atoms with Gasteiger partial charge in [-0.05, 0) is 31.8 Å². The third kappa shape index (κ3) is 6.92. The van der Waals surface area contributed by atoms with Gasteiger partial charge in [-0.2, -0.15) is 26.3 Å². The topological polar surface area (TPSA) is 112 Å². The lowest BCUT2D eigenvalue weighted by molar-refractivity contribution is -0.284. The first-order valence-electron chi connectivity index (χ1n) is 14.5. The molecule has 47 heavy (non-hydrogen) atoms. The second kappa shape index (κ2) is 13.6. The van der Waals surface area contributed by atoms with E-state index in [-0.39, 0.29) is 6.42 Å². The lowest BCUT2D eigenvalue weighted by Crippen LogP contribution is -2.63. The van der Waals surface area contributed by atoms with E-state index in [9.17, 15) is 46.1 Å². The van der Waals surface area contributed by atoms with Crippen LogP contribution in [0.15, 0.2) is 72.8 Å². The monoisotopic (exact) mass is 676 g/mol. The zero-order valence-electron chi connectivity index (χ0n) is 26.6. The van der Waals surface area contributed by atoms with Gasteiger partial charge < -0.3 is 29.2 Å². The third-order valence-electron chi connectivity index (χ3n) is 8.62. The summed E-state index contributed by atoms with van der Waals surface area (Å²) in [4.78, 5) is 26.3. The summed E-state index contributed by atoms with van der Waals surface area (Å²) in [6, 6.07) is 12.3. The minimum atomic E-state index is -5.27. The Morgan fingerprint density at radius 3 is 1.66 bits per heavy atom. The molecule has 1 aliphatic carbocycles. The molecule has 2 aromatic rings. The van der Waals surface area contributed by atoms with Crippen LogP contribution in [0.4, 0.5) is 26.3 Å². The van der Waals surface area contributed by atoms with Gasteiger partial charge in [-0.3, -0.25) is 0 Å². The molecule has 260 valence electrons. The van der Waals surface area contributed by atoms with E-state index in [1.54, 1.807) is 13.8 Å². The zero-order valence-corrected chi connectivity index (χ0v) is 26.6. The normalized spacial score (nSPS) is 26.6. The quantitative estimate of drug-likeness (QED) is 0.186. The predicted octanol–water partition coefficient (Wildman–Crippen LogP) is 5.75. The minimum absolute atomic E-state index is 0.249. The highest BCUT2D eigenvalue weighted by Gasteiger charge is 2.66. The highest BCUT2D eigenvalue weighted by molar-refractivity contribution is 5.83. The number of aliphatic hydroxyl groups is 2. The Balaban J connectivity index is 1.87. The fourth-order valence-electron chi connectivity index (χ4n) is 6.22. The summed E-state index contributed by atoms with van der Waals surface area (Å²) in [5.41, 5.74) is -11.3. The van der Waals surface area contributed by atoms with Crippen molar-refractivity contribution in [2.75, 3.05) is 14.2 Å². The van der Waals surface area contributed by atoms with Crippen LogP contribution in [-0.4, -0.2) is 72.6 Å². The molecular weight excluding hydrogens is 638 g/mol. The Kier molecular flexibility index (Phi) is 11.0. The molecule has 0 amide bonds. The summed E-state index contributed by atoms with van der Waals surface area (Å²) < 4.78 is 106. The van der Waals surface area contributed by atoms with Crippen LogP contribution < -0.4 is 0 Å². The SMILES string of the molecule is CO[C@@](C(=O)O[C@@H](C)/C=C/[C@@H]1C(C)(C)C[C@@H](OC(=O)[C@](OC)(c2ccccc2)C(F)(F)F)[C@@H](O)[C@]1(C)O)(c1ccccc1)C(F)(F)F. The third-order valence-corrected chi connectivity index (χ3v) is 8.62. The average molecular weight is 677 g/mol. The van der Waals surface area contributed by atoms with Crippen molar-refractivity contribution in [1.82, 2.24) is 0 Å². The van der Waals surface area contributed by atoms with E-state index in [1.807, 2.05) is 0 Å². The van der Waals surface area contributed by atoms with E-state index < -0.39 is 81.9 Å². The molecule has 2 N–H and O–H groups in total. The van der Waals surface area contributed by atoms with Crippen LogP contribution >= 0.6 is 0 Å². The summed E-state index contributed by atoms with van der Waals surface area (Å²) in [7, 11) is 1.42. The highest BCUT2D eigenvalue weighted by Crippen LogP contribution is 2.50. The molecule has 0 saturated heterocycles. The smallest absolute Gasteiger partial charge is 0.432 e. The number of rotatable bonds is 10. The molecule has 7 atom stereocenters. The summed E-state index contributed by atoms with van der Waals surface area (Å²) in [6.07, 6.45) is -13.1. The predicted molar refractivity (Wildman–Crippen MR) is 155 cm³/mol. The van der Waals surface area contributed by atoms with Crippen LogP contribution in [0.5, 0.6) is 0 Å². The van der Waals surface area contributed by atoms with Crippen molar-refractivity contribution in [1.29, 1.82) is 0 Å². The number of ether oxygens (including phenoxy) is 4. The Bertz CT molecular complexity index is 1410. The van der Waals surface area contributed by atoms with E-state index in [0.717, 1.165) is 31.4 Å². The first-order valence-corrected chi connectivity index (χ1v) is 14.5. The Morgan fingerprint density at radius 2 is 1.26 bits per heavy atom. The van der Waals surface area contributed by atoms with Crippen LogP contribution in [0.1, 0.15) is 45.2 Å². The van der Waals surface area contributed by atoms with Gasteiger partial charge in [-0.1, -0.05) is 80.6 Å². The first-order chi connectivity index (χ1) is 21.6. The molecule has 0 radical (unpaired) electrons. The molecule has 0 aliphatic heterocycles. The van der Waals surface area contributed by atoms with E-state index in [2.05, 4.69) is 0 Å². The molecule has 0 bridgehead atoms. The van der Waals surface area contributed by atoms with Crippen molar-refractivity contribution in [3.63, 3.8) is 0 Å². The average Bonchev–Trinajstić information content (AvgIpc) is 2.96. The van der Waals surface area contributed by atoms with Gasteiger partial charge >= 0.3 is 24.3 Å². The van der Waals surface area contributed by atoms with E-state index in [1.165, 1.54) is 62.4 Å². The largest absolute Gasteiger partial charge is 0.457 e. The fraction of sp³-hybridized carbons (Fsp3) is 0.515. The van der Waals surface area contributed by atoms with Gasteiger partial charge in [0.25, 0.3) is 11.2 Å². The summed E-state index contributed by atoms with van der Waals surface area (Å²) >= 11 is 0. The van der Waals surface area contributed by atoms with Gasteiger partial charge in [0, 0.05) is 31.3 Å². The zero-order chi connectivity index (χ0) is 35.6. The van der Waals surface area contributed by atoms with Crippen molar-refractivity contribution >= 4 is 11.9 Å². The van der Waals surface area contributed by atoms with Crippen LogP contribution in [0.2, 0.25) is 0 Å². The standard InChI is InChI=1S/C33H38F6O8/c1-20(46-26(41)30(44-5,32(34,35)36)21-13-9-7-10-14-21)17-18-24-28(2,3)19-23(25(40)29(24,4)43)47-27(42)31(45-6,33(37,38)39)22-15-11-8-12-16-22/h7-18,20,23-25,40,43H,19H2,1-6H3/b18-17+/t20-,23+,24+,25+,29+,30+,31+/m0/s1. The maximum atomic E-state index is 14.4. The molecular formula is C33H38F6O8. The number of carbonyl (C=O) groups excluding carboxylic acids is 2. The molecule has 3 rings (SSSR count). The first kappa shape index (κ1) is 38.0. The number of hydrogen-bond acceptors (Lipinski definition) is 8. The molecule has 0 spiro atoms. The number of aliphatic hydroxyl groups excluding tert-OH is 1. The Hall–Kier alpha value is -3.46. The molecule has 8 nitrogen and oxygen atoms in total. The molecule has 0 heterocycles. The lowest BCUT2D eigenvalue weighted by atomic mass is 9.59. The molecule has 1 fully saturated rings. The van der Waals surface area contributed by atoms with E-state index >= 15 is 0 Å². The molecule has 14 heteroatoms. The molecule has 1 aliphatic rings. The number of carbonyl (C=O) groups is 2. The number of halogens is 6. The summed E-state index contributed by atoms with van der Waals surface area (Å²) in [6.45, 7) is 5.61. The Morgan fingerprint density at radius 1 is 0.830 bits per heavy atom. The maximum Gasteiger partial charge on any atom is 0.432 e. The van der Waals surface area contributed by atoms with Gasteiger partial charge in [0.15, 0.2) is 0 Å².